The fourth-order valence-corrected chi connectivity index (χ4v) is 2.65. The molecule has 0 radical (unpaired) electrons. The van der Waals surface area contributed by atoms with Gasteiger partial charge in [-0.2, -0.15) is 8.42 Å². The highest BCUT2D eigenvalue weighted by Gasteiger charge is 2.21. The highest BCUT2D eigenvalue weighted by molar-refractivity contribution is 7.86. The van der Waals surface area contributed by atoms with Crippen LogP contribution >= 0.6 is 0 Å². The zero-order valence-electron chi connectivity index (χ0n) is 12.5. The molecule has 0 aliphatic heterocycles. The number of non-ortho nitro benzene ring substituents is 1. The number of ether oxygens (including phenoxy) is 1. The van der Waals surface area contributed by atoms with Crippen molar-refractivity contribution >= 4 is 15.8 Å². The number of hydrogen-bond acceptors (Lipinski definition) is 5. The Morgan fingerprint density at radius 1 is 1.18 bits per heavy atom. The van der Waals surface area contributed by atoms with Gasteiger partial charge in [0.1, 0.15) is 10.6 Å². The van der Waals surface area contributed by atoms with Gasteiger partial charge in [0.15, 0.2) is 0 Å². The third-order valence-corrected chi connectivity index (χ3v) is 4.05. The lowest BCUT2D eigenvalue weighted by atomic mass is 10.1. The first-order valence-electron chi connectivity index (χ1n) is 7.25. The average Bonchev–Trinajstić information content (AvgIpc) is 2.45. The molecule has 1 aromatic rings. The normalized spacial score (nSPS) is 11.4. The van der Waals surface area contributed by atoms with E-state index in [9.17, 15) is 18.5 Å². The summed E-state index contributed by atoms with van der Waals surface area (Å²) in [7, 11) is -4.57. The van der Waals surface area contributed by atoms with E-state index >= 15 is 0 Å². The molecule has 0 heterocycles. The van der Waals surface area contributed by atoms with E-state index in [4.69, 9.17) is 9.29 Å². The van der Waals surface area contributed by atoms with Crippen LogP contribution in [0.1, 0.15) is 45.4 Å². The molecule has 0 amide bonds. The molecule has 0 aliphatic rings. The van der Waals surface area contributed by atoms with Crippen LogP contribution in [0.25, 0.3) is 0 Å². The van der Waals surface area contributed by atoms with Crippen molar-refractivity contribution < 1.29 is 22.6 Å². The summed E-state index contributed by atoms with van der Waals surface area (Å²) in [6.45, 7) is 2.43. The van der Waals surface area contributed by atoms with Crippen molar-refractivity contribution in [3.05, 3.63) is 28.3 Å². The number of unbranched alkanes of at least 4 members (excludes halogenated alkanes) is 5. The fourth-order valence-electron chi connectivity index (χ4n) is 2.00. The molecule has 1 N–H and O–H groups in total. The van der Waals surface area contributed by atoms with E-state index in [1.54, 1.807) is 0 Å². The van der Waals surface area contributed by atoms with E-state index in [2.05, 4.69) is 6.92 Å². The van der Waals surface area contributed by atoms with Gasteiger partial charge in [0.05, 0.1) is 11.5 Å². The number of rotatable bonds is 10. The van der Waals surface area contributed by atoms with E-state index in [1.807, 2.05) is 0 Å². The molecule has 7 nitrogen and oxygen atoms in total. The topological polar surface area (TPSA) is 107 Å². The van der Waals surface area contributed by atoms with Crippen LogP contribution in [0.3, 0.4) is 0 Å². The SMILES string of the molecule is CCCCCCCCOc1ccc([N+](=O)[O-])cc1S(=O)(=O)O. The maximum Gasteiger partial charge on any atom is 0.298 e. The third kappa shape index (κ3) is 5.98. The monoisotopic (exact) mass is 331 g/mol. The second kappa shape index (κ2) is 8.70. The summed E-state index contributed by atoms with van der Waals surface area (Å²) in [4.78, 5) is 9.36. The molecule has 0 spiro atoms. The molecule has 22 heavy (non-hydrogen) atoms. The first-order chi connectivity index (χ1) is 10.4. The zero-order valence-corrected chi connectivity index (χ0v) is 13.3. The first-order valence-corrected chi connectivity index (χ1v) is 8.69. The van der Waals surface area contributed by atoms with Gasteiger partial charge in [0.25, 0.3) is 15.8 Å². The Morgan fingerprint density at radius 2 is 1.82 bits per heavy atom. The molecule has 0 aliphatic carbocycles. The minimum absolute atomic E-state index is 0.0679. The number of hydrogen-bond donors (Lipinski definition) is 1. The maximum absolute atomic E-state index is 11.3. The fraction of sp³-hybridized carbons (Fsp3) is 0.571. The minimum Gasteiger partial charge on any atom is -0.492 e. The molecule has 124 valence electrons. The van der Waals surface area contributed by atoms with Gasteiger partial charge >= 0.3 is 0 Å². The predicted molar refractivity (Wildman–Crippen MR) is 81.8 cm³/mol. The summed E-state index contributed by atoms with van der Waals surface area (Å²) < 4.78 is 37.1. The highest BCUT2D eigenvalue weighted by Crippen LogP contribution is 2.28. The third-order valence-electron chi connectivity index (χ3n) is 3.17. The Balaban J connectivity index is 2.64. The van der Waals surface area contributed by atoms with Crippen LogP contribution in [0.15, 0.2) is 23.1 Å². The van der Waals surface area contributed by atoms with Crippen molar-refractivity contribution in [2.75, 3.05) is 6.61 Å². The Labute approximate surface area is 130 Å². The molecule has 0 bridgehead atoms. The molecule has 8 heteroatoms. The van der Waals surface area contributed by atoms with E-state index in [-0.39, 0.29) is 5.75 Å². The first kappa shape index (κ1) is 18.4. The largest absolute Gasteiger partial charge is 0.492 e. The molecule has 0 aromatic heterocycles. The zero-order chi connectivity index (χ0) is 16.6. The Morgan fingerprint density at radius 3 is 2.41 bits per heavy atom. The quantitative estimate of drug-likeness (QED) is 0.304. The van der Waals surface area contributed by atoms with E-state index in [1.165, 1.54) is 12.5 Å². The molecule has 1 rings (SSSR count). The molecule has 0 unspecified atom stereocenters. The van der Waals surface area contributed by atoms with Crippen molar-refractivity contribution in [1.29, 1.82) is 0 Å². The van der Waals surface area contributed by atoms with Crippen LogP contribution in [0.5, 0.6) is 5.75 Å². The summed E-state index contributed by atoms with van der Waals surface area (Å²) in [5.41, 5.74) is -0.417. The van der Waals surface area contributed by atoms with Crippen LogP contribution in [0, 0.1) is 10.1 Å². The lowest BCUT2D eigenvalue weighted by Gasteiger charge is -2.09. The lowest BCUT2D eigenvalue weighted by molar-refractivity contribution is -0.385. The molecule has 0 fully saturated rings. The predicted octanol–water partition coefficient (Wildman–Crippen LogP) is 3.58. The van der Waals surface area contributed by atoms with Crippen molar-refractivity contribution in [3.8, 4) is 5.75 Å². The van der Waals surface area contributed by atoms with Crippen molar-refractivity contribution in [3.63, 3.8) is 0 Å². The van der Waals surface area contributed by atoms with Gasteiger partial charge in [-0.15, -0.1) is 0 Å². The standard InChI is InChI=1S/C14H21NO6S/c1-2-3-4-5-6-7-10-21-13-9-8-12(15(16)17)11-14(13)22(18,19)20/h8-9,11H,2-7,10H2,1H3,(H,18,19,20). The number of nitrogens with zero attached hydrogens (tertiary/aromatic N) is 1. The Bertz CT molecular complexity index is 599. The molecular formula is C14H21NO6S. The summed E-state index contributed by atoms with van der Waals surface area (Å²) in [5, 5.41) is 10.7. The van der Waals surface area contributed by atoms with E-state index in [0.29, 0.717) is 6.61 Å². The van der Waals surface area contributed by atoms with Gasteiger partial charge in [-0.1, -0.05) is 39.0 Å². The molecular weight excluding hydrogens is 310 g/mol. The van der Waals surface area contributed by atoms with Crippen LogP contribution in [0.4, 0.5) is 5.69 Å². The molecule has 1 aromatic carbocycles. The van der Waals surface area contributed by atoms with Gasteiger partial charge in [0, 0.05) is 12.1 Å². The van der Waals surface area contributed by atoms with Gasteiger partial charge < -0.3 is 4.74 Å². The summed E-state index contributed by atoms with van der Waals surface area (Å²) in [5.74, 6) is -0.0679. The summed E-state index contributed by atoms with van der Waals surface area (Å²) >= 11 is 0. The van der Waals surface area contributed by atoms with Gasteiger partial charge in [0.2, 0.25) is 0 Å². The van der Waals surface area contributed by atoms with Gasteiger partial charge in [-0.3, -0.25) is 14.7 Å². The van der Waals surface area contributed by atoms with Gasteiger partial charge in [-0.25, -0.2) is 0 Å². The summed E-state index contributed by atoms with van der Waals surface area (Å²) in [6, 6.07) is 3.13. The minimum atomic E-state index is -4.57. The van der Waals surface area contributed by atoms with Crippen molar-refractivity contribution in [1.82, 2.24) is 0 Å². The maximum atomic E-state index is 11.3. The van der Waals surface area contributed by atoms with Crippen molar-refractivity contribution in [2.24, 2.45) is 0 Å². The Hall–Kier alpha value is -1.67. The van der Waals surface area contributed by atoms with Crippen molar-refractivity contribution in [2.45, 2.75) is 50.3 Å². The second-order valence-electron chi connectivity index (χ2n) is 4.98. The lowest BCUT2D eigenvalue weighted by Crippen LogP contribution is -2.06. The van der Waals surface area contributed by atoms with Crippen LogP contribution in [0.2, 0.25) is 0 Å². The number of nitro benzene ring substituents is 1. The smallest absolute Gasteiger partial charge is 0.298 e. The van der Waals surface area contributed by atoms with Gasteiger partial charge in [-0.05, 0) is 12.5 Å². The second-order valence-corrected chi connectivity index (χ2v) is 6.37. The highest BCUT2D eigenvalue weighted by atomic mass is 32.2. The van der Waals surface area contributed by atoms with Crippen LogP contribution in [-0.2, 0) is 10.1 Å². The molecule has 0 atom stereocenters. The number of benzene rings is 1. The molecule has 0 saturated heterocycles. The molecule has 0 saturated carbocycles. The van der Waals surface area contributed by atoms with Crippen LogP contribution < -0.4 is 4.74 Å². The van der Waals surface area contributed by atoms with Crippen LogP contribution in [-0.4, -0.2) is 24.5 Å². The summed E-state index contributed by atoms with van der Waals surface area (Å²) in [6.07, 6.45) is 6.32. The van der Waals surface area contributed by atoms with E-state index in [0.717, 1.165) is 44.2 Å². The average molecular weight is 331 g/mol. The Kier molecular flexibility index (Phi) is 7.26. The number of nitro groups is 1. The van der Waals surface area contributed by atoms with E-state index < -0.39 is 25.6 Å².